The van der Waals surface area contributed by atoms with Crippen LogP contribution in [0.1, 0.15) is 5.89 Å². The molecule has 0 saturated heterocycles. The topological polar surface area (TPSA) is 90.9 Å². The molecule has 9 heteroatoms. The van der Waals surface area contributed by atoms with Crippen LogP contribution in [-0.4, -0.2) is 34.4 Å². The van der Waals surface area contributed by atoms with Crippen molar-refractivity contribution in [2.75, 3.05) is 6.26 Å². The molecular weight excluding hydrogens is 300 g/mol. The quantitative estimate of drug-likeness (QED) is 0.724. The van der Waals surface area contributed by atoms with Crippen molar-refractivity contribution in [2.45, 2.75) is 11.7 Å². The molecular formula is C11H10N4O3S2. The van der Waals surface area contributed by atoms with Crippen molar-refractivity contribution in [1.82, 2.24) is 19.7 Å². The van der Waals surface area contributed by atoms with Gasteiger partial charge in [0.1, 0.15) is 6.54 Å². The maximum absolute atomic E-state index is 11.5. The van der Waals surface area contributed by atoms with Gasteiger partial charge in [-0.25, -0.2) is 13.4 Å². The third kappa shape index (κ3) is 2.49. The fourth-order valence-electron chi connectivity index (χ4n) is 1.71. The van der Waals surface area contributed by atoms with E-state index in [2.05, 4.69) is 15.2 Å². The molecule has 3 aromatic rings. The summed E-state index contributed by atoms with van der Waals surface area (Å²) in [6.45, 7) is 0.167. The van der Waals surface area contributed by atoms with Gasteiger partial charge in [-0.3, -0.25) is 0 Å². The highest BCUT2D eigenvalue weighted by Gasteiger charge is 2.17. The minimum Gasteiger partial charge on any atom is -0.418 e. The van der Waals surface area contributed by atoms with E-state index in [4.69, 9.17) is 4.42 Å². The van der Waals surface area contributed by atoms with E-state index >= 15 is 0 Å². The zero-order valence-electron chi connectivity index (χ0n) is 10.4. The molecule has 0 aliphatic rings. The molecule has 20 heavy (non-hydrogen) atoms. The SMILES string of the molecule is CS(=O)(=O)c1nccn1Cc1nnc(-c2cccs2)o1. The number of aromatic nitrogens is 4. The molecule has 0 radical (unpaired) electrons. The van der Waals surface area contributed by atoms with Crippen molar-refractivity contribution in [1.29, 1.82) is 0 Å². The van der Waals surface area contributed by atoms with E-state index in [0.717, 1.165) is 11.1 Å². The summed E-state index contributed by atoms with van der Waals surface area (Å²) in [6, 6.07) is 3.77. The summed E-state index contributed by atoms with van der Waals surface area (Å²) in [5.41, 5.74) is 0. The van der Waals surface area contributed by atoms with Crippen LogP contribution < -0.4 is 0 Å². The van der Waals surface area contributed by atoms with E-state index in [1.807, 2.05) is 17.5 Å². The molecule has 0 aromatic carbocycles. The largest absolute Gasteiger partial charge is 0.418 e. The van der Waals surface area contributed by atoms with Crippen LogP contribution in [0.5, 0.6) is 0 Å². The Balaban J connectivity index is 1.88. The lowest BCUT2D eigenvalue weighted by molar-refractivity contribution is 0.475. The number of rotatable bonds is 4. The van der Waals surface area contributed by atoms with Crippen LogP contribution in [0.2, 0.25) is 0 Å². The molecule has 0 aliphatic heterocycles. The highest BCUT2D eigenvalue weighted by molar-refractivity contribution is 7.90. The van der Waals surface area contributed by atoms with Gasteiger partial charge >= 0.3 is 0 Å². The molecule has 3 rings (SSSR count). The molecule has 0 bridgehead atoms. The van der Waals surface area contributed by atoms with Crippen molar-refractivity contribution in [3.63, 3.8) is 0 Å². The Morgan fingerprint density at radius 1 is 1.40 bits per heavy atom. The first-order chi connectivity index (χ1) is 9.54. The molecule has 0 fully saturated rings. The van der Waals surface area contributed by atoms with Gasteiger partial charge in [-0.1, -0.05) is 6.07 Å². The van der Waals surface area contributed by atoms with Crippen LogP contribution in [0.15, 0.2) is 39.5 Å². The van der Waals surface area contributed by atoms with E-state index in [0.29, 0.717) is 11.8 Å². The molecule has 104 valence electrons. The number of hydrogen-bond acceptors (Lipinski definition) is 7. The average Bonchev–Trinajstić information content (AvgIpc) is 3.08. The molecule has 7 nitrogen and oxygen atoms in total. The molecule has 0 unspecified atom stereocenters. The van der Waals surface area contributed by atoms with Crippen molar-refractivity contribution >= 4 is 21.2 Å². The summed E-state index contributed by atoms with van der Waals surface area (Å²) in [6.07, 6.45) is 4.09. The average molecular weight is 310 g/mol. The highest BCUT2D eigenvalue weighted by Crippen LogP contribution is 2.23. The van der Waals surface area contributed by atoms with E-state index in [1.165, 1.54) is 22.1 Å². The lowest BCUT2D eigenvalue weighted by Gasteiger charge is -2.02. The summed E-state index contributed by atoms with van der Waals surface area (Å²) in [5.74, 6) is 0.757. The van der Waals surface area contributed by atoms with Crippen LogP contribution in [0.3, 0.4) is 0 Å². The number of thiophene rings is 1. The highest BCUT2D eigenvalue weighted by atomic mass is 32.2. The molecule has 0 spiro atoms. The molecule has 3 aromatic heterocycles. The fraction of sp³-hybridized carbons (Fsp3) is 0.182. The van der Waals surface area contributed by atoms with E-state index in [1.54, 1.807) is 6.20 Å². The van der Waals surface area contributed by atoms with Gasteiger partial charge in [-0.05, 0) is 11.4 Å². The fourth-order valence-corrected chi connectivity index (χ4v) is 3.16. The third-order valence-corrected chi connectivity index (χ3v) is 4.37. The van der Waals surface area contributed by atoms with Crippen LogP contribution in [0.25, 0.3) is 10.8 Å². The van der Waals surface area contributed by atoms with Crippen LogP contribution >= 0.6 is 11.3 Å². The maximum Gasteiger partial charge on any atom is 0.257 e. The second-order valence-electron chi connectivity index (χ2n) is 4.09. The Morgan fingerprint density at radius 2 is 2.25 bits per heavy atom. The third-order valence-electron chi connectivity index (χ3n) is 2.51. The van der Waals surface area contributed by atoms with Crippen LogP contribution in [0, 0.1) is 0 Å². The minimum absolute atomic E-state index is 0.0200. The molecule has 0 aliphatic carbocycles. The summed E-state index contributed by atoms with van der Waals surface area (Å²) >= 11 is 1.49. The smallest absolute Gasteiger partial charge is 0.257 e. The Morgan fingerprint density at radius 3 is 2.95 bits per heavy atom. The van der Waals surface area contributed by atoms with Crippen molar-refractivity contribution in [2.24, 2.45) is 0 Å². The first-order valence-electron chi connectivity index (χ1n) is 5.61. The molecule has 0 amide bonds. The second-order valence-corrected chi connectivity index (χ2v) is 6.95. The van der Waals surface area contributed by atoms with E-state index < -0.39 is 9.84 Å². The molecule has 0 saturated carbocycles. The summed E-state index contributed by atoms with van der Waals surface area (Å²) in [5, 5.41) is 9.75. The summed E-state index contributed by atoms with van der Waals surface area (Å²) in [7, 11) is -3.38. The maximum atomic E-state index is 11.5. The van der Waals surface area contributed by atoms with E-state index in [-0.39, 0.29) is 11.7 Å². The van der Waals surface area contributed by atoms with Crippen molar-refractivity contribution < 1.29 is 12.8 Å². The van der Waals surface area contributed by atoms with Crippen molar-refractivity contribution in [3.05, 3.63) is 35.8 Å². The lowest BCUT2D eigenvalue weighted by atomic mass is 10.5. The van der Waals surface area contributed by atoms with Gasteiger partial charge in [-0.2, -0.15) is 0 Å². The van der Waals surface area contributed by atoms with Crippen molar-refractivity contribution in [3.8, 4) is 10.8 Å². The number of nitrogens with zero attached hydrogens (tertiary/aromatic N) is 4. The lowest BCUT2D eigenvalue weighted by Crippen LogP contribution is -2.09. The van der Waals surface area contributed by atoms with Gasteiger partial charge in [0.15, 0.2) is 0 Å². The van der Waals surface area contributed by atoms with Gasteiger partial charge in [-0.15, -0.1) is 21.5 Å². The number of sulfone groups is 1. The van der Waals surface area contributed by atoms with E-state index in [9.17, 15) is 8.42 Å². The van der Waals surface area contributed by atoms with Gasteiger partial charge in [0, 0.05) is 18.6 Å². The zero-order valence-corrected chi connectivity index (χ0v) is 12.1. The van der Waals surface area contributed by atoms with Gasteiger partial charge < -0.3 is 8.98 Å². The normalized spacial score (nSPS) is 11.8. The Labute approximate surface area is 118 Å². The van der Waals surface area contributed by atoms with Gasteiger partial charge in [0.25, 0.3) is 5.89 Å². The standard InChI is InChI=1S/C11H10N4O3S2/c1-20(16,17)11-12-4-5-15(11)7-9-13-14-10(18-9)8-3-2-6-19-8/h2-6H,7H2,1H3. The second kappa shape index (κ2) is 4.84. The first-order valence-corrected chi connectivity index (χ1v) is 8.38. The zero-order chi connectivity index (χ0) is 14.2. The Bertz CT molecular complexity index is 818. The predicted molar refractivity (Wildman–Crippen MR) is 72.0 cm³/mol. The minimum atomic E-state index is -3.38. The predicted octanol–water partition coefficient (Wildman–Crippen LogP) is 1.45. The molecule has 3 heterocycles. The Kier molecular flexibility index (Phi) is 3.14. The van der Waals surface area contributed by atoms with Gasteiger partial charge in [0.2, 0.25) is 20.9 Å². The van der Waals surface area contributed by atoms with Gasteiger partial charge in [0.05, 0.1) is 4.88 Å². The van der Waals surface area contributed by atoms with Crippen LogP contribution in [-0.2, 0) is 16.4 Å². The number of imidazole rings is 1. The monoisotopic (exact) mass is 310 g/mol. The van der Waals surface area contributed by atoms with Crippen LogP contribution in [0.4, 0.5) is 0 Å². The first kappa shape index (κ1) is 13.0. The summed E-state index contributed by atoms with van der Waals surface area (Å²) < 4.78 is 30.1. The summed E-state index contributed by atoms with van der Waals surface area (Å²) in [4.78, 5) is 4.70. The molecule has 0 N–H and O–H groups in total. The number of hydrogen-bond donors (Lipinski definition) is 0. The molecule has 0 atom stereocenters. The Hall–Kier alpha value is -2.00.